The highest BCUT2D eigenvalue weighted by Crippen LogP contribution is 2.18. The Morgan fingerprint density at radius 1 is 1.36 bits per heavy atom. The number of halogens is 1. The van der Waals surface area contributed by atoms with Crippen LogP contribution < -0.4 is 5.32 Å². The molecular formula is C12H12FN. The Balaban J connectivity index is 2.41. The van der Waals surface area contributed by atoms with Crippen LogP contribution in [0.15, 0.2) is 36.4 Å². The highest BCUT2D eigenvalue weighted by Gasteiger charge is 2.05. The van der Waals surface area contributed by atoms with Crippen LogP contribution in [0.3, 0.4) is 0 Å². The van der Waals surface area contributed by atoms with Crippen LogP contribution >= 0.6 is 0 Å². The molecule has 72 valence electrons. The lowest BCUT2D eigenvalue weighted by atomic mass is 10.0. The molecule has 1 nitrogen and oxygen atoms in total. The van der Waals surface area contributed by atoms with Crippen molar-refractivity contribution in [1.82, 2.24) is 5.32 Å². The summed E-state index contributed by atoms with van der Waals surface area (Å²) in [6.07, 6.45) is 6.06. The summed E-state index contributed by atoms with van der Waals surface area (Å²) < 4.78 is 12.9. The molecule has 0 spiro atoms. The lowest BCUT2D eigenvalue weighted by Gasteiger charge is -2.14. The van der Waals surface area contributed by atoms with E-state index < -0.39 is 0 Å². The molecule has 0 atom stereocenters. The minimum absolute atomic E-state index is 0.182. The van der Waals surface area contributed by atoms with Gasteiger partial charge in [0.15, 0.2) is 0 Å². The van der Waals surface area contributed by atoms with Gasteiger partial charge in [-0.3, -0.25) is 0 Å². The van der Waals surface area contributed by atoms with Gasteiger partial charge in [0.1, 0.15) is 5.82 Å². The number of nitrogens with one attached hydrogen (secondary N) is 1. The molecule has 0 radical (unpaired) electrons. The number of allylic oxidation sites excluding steroid dienone is 2. The first kappa shape index (κ1) is 9.00. The largest absolute Gasteiger partial charge is 0.381 e. The fourth-order valence-corrected chi connectivity index (χ4v) is 1.57. The summed E-state index contributed by atoms with van der Waals surface area (Å²) in [6.45, 7) is 2.75. The number of hydrogen-bond donors (Lipinski definition) is 1. The van der Waals surface area contributed by atoms with E-state index in [0.717, 1.165) is 23.4 Å². The molecule has 0 fully saturated rings. The normalized spacial score (nSPS) is 14.9. The average molecular weight is 189 g/mol. The van der Waals surface area contributed by atoms with E-state index in [1.54, 1.807) is 6.07 Å². The molecule has 1 aliphatic heterocycles. The van der Waals surface area contributed by atoms with Crippen LogP contribution in [0.4, 0.5) is 4.39 Å². The number of benzene rings is 1. The number of aryl methyl sites for hydroxylation is 1. The van der Waals surface area contributed by atoms with Gasteiger partial charge < -0.3 is 5.32 Å². The molecule has 0 saturated carbocycles. The minimum Gasteiger partial charge on any atom is -0.381 e. The summed E-state index contributed by atoms with van der Waals surface area (Å²) in [5.41, 5.74) is 3.08. The van der Waals surface area contributed by atoms with Gasteiger partial charge in [-0.15, -0.1) is 0 Å². The molecule has 1 N–H and O–H groups in total. The maximum absolute atomic E-state index is 12.9. The highest BCUT2D eigenvalue weighted by molar-refractivity contribution is 5.69. The van der Waals surface area contributed by atoms with E-state index in [4.69, 9.17) is 0 Å². The lowest BCUT2D eigenvalue weighted by Crippen LogP contribution is -2.15. The quantitative estimate of drug-likeness (QED) is 0.716. The van der Waals surface area contributed by atoms with Gasteiger partial charge in [0, 0.05) is 17.8 Å². The molecule has 1 aliphatic rings. The van der Waals surface area contributed by atoms with Gasteiger partial charge in [0.05, 0.1) is 0 Å². The van der Waals surface area contributed by atoms with Crippen LogP contribution in [-0.2, 0) is 0 Å². The van der Waals surface area contributed by atoms with E-state index in [1.807, 2.05) is 31.2 Å². The van der Waals surface area contributed by atoms with Crippen LogP contribution in [0, 0.1) is 12.7 Å². The first-order valence-corrected chi connectivity index (χ1v) is 4.64. The monoisotopic (exact) mass is 189 g/mol. The van der Waals surface area contributed by atoms with Gasteiger partial charge in [-0.25, -0.2) is 4.39 Å². The van der Waals surface area contributed by atoms with E-state index >= 15 is 0 Å². The van der Waals surface area contributed by atoms with Gasteiger partial charge in [-0.1, -0.05) is 12.2 Å². The summed E-state index contributed by atoms with van der Waals surface area (Å²) >= 11 is 0. The third-order valence-electron chi connectivity index (χ3n) is 2.29. The predicted octanol–water partition coefficient (Wildman–Crippen LogP) is 2.63. The molecule has 0 unspecified atom stereocenters. The van der Waals surface area contributed by atoms with Gasteiger partial charge in [0.25, 0.3) is 0 Å². The summed E-state index contributed by atoms with van der Waals surface area (Å²) in [4.78, 5) is 0. The Bertz CT molecular complexity index is 405. The predicted molar refractivity (Wildman–Crippen MR) is 56.3 cm³/mol. The molecule has 1 heterocycles. The number of rotatable bonds is 1. The molecule has 1 aromatic carbocycles. The summed E-state index contributed by atoms with van der Waals surface area (Å²) in [5.74, 6) is -0.182. The second-order valence-electron chi connectivity index (χ2n) is 3.35. The van der Waals surface area contributed by atoms with E-state index in [1.165, 1.54) is 6.07 Å². The molecule has 1 aromatic rings. The average Bonchev–Trinajstić information content (AvgIpc) is 2.19. The third kappa shape index (κ3) is 1.69. The van der Waals surface area contributed by atoms with Crippen molar-refractivity contribution in [3.05, 3.63) is 53.4 Å². The summed E-state index contributed by atoms with van der Waals surface area (Å²) in [6, 6.07) is 4.85. The molecule has 0 bridgehead atoms. The maximum atomic E-state index is 12.9. The van der Waals surface area contributed by atoms with Crippen molar-refractivity contribution in [3.8, 4) is 0 Å². The number of dihydropyridines is 1. The van der Waals surface area contributed by atoms with Crippen molar-refractivity contribution in [2.45, 2.75) is 6.92 Å². The molecule has 0 amide bonds. The Labute approximate surface area is 83.0 Å². The van der Waals surface area contributed by atoms with E-state index in [9.17, 15) is 4.39 Å². The topological polar surface area (TPSA) is 12.0 Å². The minimum atomic E-state index is -0.182. The molecule has 0 aromatic heterocycles. The summed E-state index contributed by atoms with van der Waals surface area (Å²) in [5, 5.41) is 3.25. The molecule has 2 heteroatoms. The van der Waals surface area contributed by atoms with Crippen LogP contribution in [0.2, 0.25) is 0 Å². The fourth-order valence-electron chi connectivity index (χ4n) is 1.57. The van der Waals surface area contributed by atoms with E-state index in [-0.39, 0.29) is 5.82 Å². The Morgan fingerprint density at radius 2 is 2.21 bits per heavy atom. The van der Waals surface area contributed by atoms with Crippen molar-refractivity contribution in [2.24, 2.45) is 0 Å². The Kier molecular flexibility index (Phi) is 2.35. The van der Waals surface area contributed by atoms with Crippen molar-refractivity contribution < 1.29 is 4.39 Å². The molecule has 14 heavy (non-hydrogen) atoms. The van der Waals surface area contributed by atoms with E-state index in [0.29, 0.717) is 0 Å². The molecule has 0 saturated heterocycles. The van der Waals surface area contributed by atoms with Gasteiger partial charge >= 0.3 is 0 Å². The fraction of sp³-hybridized carbons (Fsp3) is 0.167. The van der Waals surface area contributed by atoms with Gasteiger partial charge in [-0.05, 0) is 36.8 Å². The van der Waals surface area contributed by atoms with Crippen LogP contribution in [-0.4, -0.2) is 6.54 Å². The SMILES string of the molecule is Cc1cc(F)ccc1C1=CC=CCN1. The number of hydrogen-bond acceptors (Lipinski definition) is 1. The van der Waals surface area contributed by atoms with Crippen LogP contribution in [0.5, 0.6) is 0 Å². The zero-order valence-electron chi connectivity index (χ0n) is 8.05. The van der Waals surface area contributed by atoms with Crippen molar-refractivity contribution >= 4 is 5.70 Å². The van der Waals surface area contributed by atoms with E-state index in [2.05, 4.69) is 5.32 Å². The zero-order valence-corrected chi connectivity index (χ0v) is 8.05. The van der Waals surface area contributed by atoms with Crippen LogP contribution in [0.25, 0.3) is 5.70 Å². The molecular weight excluding hydrogens is 177 g/mol. The summed E-state index contributed by atoms with van der Waals surface area (Å²) in [7, 11) is 0. The van der Waals surface area contributed by atoms with Crippen LogP contribution in [0.1, 0.15) is 11.1 Å². The Hall–Kier alpha value is -1.57. The Morgan fingerprint density at radius 3 is 2.86 bits per heavy atom. The first-order chi connectivity index (χ1) is 6.77. The second-order valence-corrected chi connectivity index (χ2v) is 3.35. The van der Waals surface area contributed by atoms with Gasteiger partial charge in [-0.2, -0.15) is 0 Å². The third-order valence-corrected chi connectivity index (χ3v) is 2.29. The maximum Gasteiger partial charge on any atom is 0.123 e. The van der Waals surface area contributed by atoms with Gasteiger partial charge in [0.2, 0.25) is 0 Å². The second kappa shape index (κ2) is 3.66. The lowest BCUT2D eigenvalue weighted by molar-refractivity contribution is 0.626. The highest BCUT2D eigenvalue weighted by atomic mass is 19.1. The smallest absolute Gasteiger partial charge is 0.123 e. The molecule has 2 rings (SSSR count). The van der Waals surface area contributed by atoms with Crippen molar-refractivity contribution in [2.75, 3.05) is 6.54 Å². The first-order valence-electron chi connectivity index (χ1n) is 4.64. The zero-order chi connectivity index (χ0) is 9.97. The van der Waals surface area contributed by atoms with Crippen molar-refractivity contribution in [3.63, 3.8) is 0 Å². The standard InChI is InChI=1S/C12H12FN/c1-9-8-10(13)5-6-11(9)12-4-2-3-7-14-12/h2-6,8,14H,7H2,1H3. The molecule has 0 aliphatic carbocycles. The van der Waals surface area contributed by atoms with Crippen molar-refractivity contribution in [1.29, 1.82) is 0 Å².